The van der Waals surface area contributed by atoms with Crippen LogP contribution in [0.2, 0.25) is 0 Å². The third-order valence-electron chi connectivity index (χ3n) is 2.89. The van der Waals surface area contributed by atoms with Gasteiger partial charge in [-0.2, -0.15) is 0 Å². The first kappa shape index (κ1) is 16.3. The van der Waals surface area contributed by atoms with Gasteiger partial charge in [0.05, 0.1) is 16.5 Å². The van der Waals surface area contributed by atoms with Crippen LogP contribution < -0.4 is 4.74 Å². The van der Waals surface area contributed by atoms with E-state index >= 15 is 0 Å². The van der Waals surface area contributed by atoms with Crippen LogP contribution in [-0.4, -0.2) is 33.9 Å². The molecule has 4 nitrogen and oxygen atoms in total. The predicted molar refractivity (Wildman–Crippen MR) is 92.5 cm³/mol. The van der Waals surface area contributed by atoms with Crippen molar-refractivity contribution in [2.75, 3.05) is 13.7 Å². The summed E-state index contributed by atoms with van der Waals surface area (Å²) in [6.07, 6.45) is 2.61. The van der Waals surface area contributed by atoms with Crippen LogP contribution in [0.15, 0.2) is 21.5 Å². The molecule has 7 heteroatoms. The lowest BCUT2D eigenvalue weighted by molar-refractivity contribution is -0.122. The lowest BCUT2D eigenvalue weighted by atomic mass is 10.2. The lowest BCUT2D eigenvalue weighted by Crippen LogP contribution is -2.28. The van der Waals surface area contributed by atoms with Gasteiger partial charge in [0.2, 0.25) is 0 Å². The van der Waals surface area contributed by atoms with Gasteiger partial charge in [-0.1, -0.05) is 30.9 Å². The molecule has 0 radical (unpaired) electrons. The van der Waals surface area contributed by atoms with E-state index < -0.39 is 0 Å². The molecule has 0 aliphatic carbocycles. The highest BCUT2D eigenvalue weighted by molar-refractivity contribution is 9.10. The van der Waals surface area contributed by atoms with E-state index in [1.807, 2.05) is 6.92 Å². The van der Waals surface area contributed by atoms with Gasteiger partial charge in [-0.25, -0.2) is 0 Å². The van der Waals surface area contributed by atoms with Gasteiger partial charge in [0.25, 0.3) is 5.91 Å². The first-order valence-corrected chi connectivity index (χ1v) is 8.31. The summed E-state index contributed by atoms with van der Waals surface area (Å²) in [5.41, 5.74) is 0.758. The van der Waals surface area contributed by atoms with Gasteiger partial charge in [-0.3, -0.25) is 9.69 Å². The first-order chi connectivity index (χ1) is 9.97. The van der Waals surface area contributed by atoms with Crippen molar-refractivity contribution in [2.45, 2.75) is 13.3 Å². The molecule has 112 valence electrons. The SMILES string of the molecule is CCCN1C(=O)/C(=C\c2cc(Br)c(O)c(OC)c2)SC1=S. The van der Waals surface area contributed by atoms with Crippen LogP contribution in [0.5, 0.6) is 11.5 Å². The fourth-order valence-electron chi connectivity index (χ4n) is 1.90. The summed E-state index contributed by atoms with van der Waals surface area (Å²) in [5, 5.41) is 9.80. The van der Waals surface area contributed by atoms with Gasteiger partial charge >= 0.3 is 0 Å². The minimum absolute atomic E-state index is 0.0354. The number of hydrogen-bond donors (Lipinski definition) is 1. The fraction of sp³-hybridized carbons (Fsp3) is 0.286. The maximum absolute atomic E-state index is 12.3. The minimum atomic E-state index is -0.0741. The molecule has 0 spiro atoms. The average Bonchev–Trinajstić information content (AvgIpc) is 2.70. The molecule has 1 saturated heterocycles. The monoisotopic (exact) mass is 387 g/mol. The maximum atomic E-state index is 12.3. The number of methoxy groups -OCH3 is 1. The predicted octanol–water partition coefficient (Wildman–Crippen LogP) is 3.77. The van der Waals surface area contributed by atoms with Gasteiger partial charge in [0, 0.05) is 6.54 Å². The molecule has 0 unspecified atom stereocenters. The Hall–Kier alpha value is -1.05. The Balaban J connectivity index is 2.35. The lowest BCUT2D eigenvalue weighted by Gasteiger charge is -2.12. The number of carbonyl (C=O) groups is 1. The van der Waals surface area contributed by atoms with Crippen molar-refractivity contribution in [3.8, 4) is 11.5 Å². The molecule has 2 rings (SSSR count). The van der Waals surface area contributed by atoms with Gasteiger partial charge < -0.3 is 9.84 Å². The average molecular weight is 388 g/mol. The van der Waals surface area contributed by atoms with Crippen molar-refractivity contribution in [1.29, 1.82) is 0 Å². The molecule has 1 aromatic rings. The van der Waals surface area contributed by atoms with Crippen molar-refractivity contribution >= 4 is 56.2 Å². The van der Waals surface area contributed by atoms with E-state index in [2.05, 4.69) is 15.9 Å². The fourth-order valence-corrected chi connectivity index (χ4v) is 3.67. The maximum Gasteiger partial charge on any atom is 0.266 e. The van der Waals surface area contributed by atoms with E-state index in [1.54, 1.807) is 23.1 Å². The number of carbonyl (C=O) groups excluding carboxylic acids is 1. The van der Waals surface area contributed by atoms with Crippen LogP contribution in [0, 0.1) is 0 Å². The quantitative estimate of drug-likeness (QED) is 0.629. The molecule has 1 N–H and O–H groups in total. The number of rotatable bonds is 4. The van der Waals surface area contributed by atoms with Crippen LogP contribution in [-0.2, 0) is 4.79 Å². The van der Waals surface area contributed by atoms with Crippen LogP contribution >= 0.6 is 39.9 Å². The summed E-state index contributed by atoms with van der Waals surface area (Å²) in [4.78, 5) is 14.5. The standard InChI is InChI=1S/C14H14BrNO3S2/c1-3-4-16-13(18)11(21-14(16)20)7-8-5-9(15)12(17)10(6-8)19-2/h5-7,17H,3-4H2,1-2H3/b11-7+. The molecule has 0 bridgehead atoms. The largest absolute Gasteiger partial charge is 0.503 e. The number of halogens is 1. The number of phenols is 1. The first-order valence-electron chi connectivity index (χ1n) is 6.29. The van der Waals surface area contributed by atoms with Crippen molar-refractivity contribution < 1.29 is 14.6 Å². The summed E-state index contributed by atoms with van der Waals surface area (Å²) in [6.45, 7) is 2.63. The second kappa shape index (κ2) is 6.81. The summed E-state index contributed by atoms with van der Waals surface area (Å²) in [7, 11) is 1.48. The summed E-state index contributed by atoms with van der Waals surface area (Å²) in [6, 6.07) is 3.40. The molecule has 1 amide bonds. The number of amides is 1. The Bertz CT molecular complexity index is 631. The molecule has 1 fully saturated rings. The Morgan fingerprint density at radius 3 is 2.86 bits per heavy atom. The van der Waals surface area contributed by atoms with E-state index in [-0.39, 0.29) is 11.7 Å². The van der Waals surface area contributed by atoms with Gasteiger partial charge in [-0.15, -0.1) is 0 Å². The summed E-state index contributed by atoms with van der Waals surface area (Å²) in [5.74, 6) is 0.308. The zero-order valence-electron chi connectivity index (χ0n) is 11.6. The summed E-state index contributed by atoms with van der Waals surface area (Å²) >= 11 is 9.78. The van der Waals surface area contributed by atoms with Gasteiger partial charge in [0.15, 0.2) is 11.5 Å². The van der Waals surface area contributed by atoms with Crippen LogP contribution in [0.1, 0.15) is 18.9 Å². The number of hydrogen-bond acceptors (Lipinski definition) is 5. The molecular formula is C14H14BrNO3S2. The van der Waals surface area contributed by atoms with Crippen molar-refractivity contribution in [1.82, 2.24) is 4.90 Å². The zero-order valence-corrected chi connectivity index (χ0v) is 14.8. The topological polar surface area (TPSA) is 49.8 Å². The van der Waals surface area contributed by atoms with Crippen molar-refractivity contribution in [3.05, 3.63) is 27.1 Å². The highest BCUT2D eigenvalue weighted by Gasteiger charge is 2.31. The van der Waals surface area contributed by atoms with Crippen LogP contribution in [0.4, 0.5) is 0 Å². The third-order valence-corrected chi connectivity index (χ3v) is 4.87. The van der Waals surface area contributed by atoms with E-state index in [0.29, 0.717) is 26.0 Å². The van der Waals surface area contributed by atoms with Crippen molar-refractivity contribution in [3.63, 3.8) is 0 Å². The second-order valence-corrected chi connectivity index (χ2v) is 6.92. The number of thiocarbonyl (C=S) groups is 1. The van der Waals surface area contributed by atoms with Crippen LogP contribution in [0.3, 0.4) is 0 Å². The zero-order chi connectivity index (χ0) is 15.6. The minimum Gasteiger partial charge on any atom is -0.503 e. The molecule has 1 aliphatic heterocycles. The molecule has 1 heterocycles. The molecule has 0 saturated carbocycles. The van der Waals surface area contributed by atoms with E-state index in [9.17, 15) is 9.90 Å². The Morgan fingerprint density at radius 1 is 1.52 bits per heavy atom. The second-order valence-electron chi connectivity index (χ2n) is 4.39. The van der Waals surface area contributed by atoms with E-state index in [1.165, 1.54) is 18.9 Å². The molecule has 1 aliphatic rings. The molecule has 21 heavy (non-hydrogen) atoms. The van der Waals surface area contributed by atoms with Gasteiger partial charge in [0.1, 0.15) is 4.32 Å². The molecular weight excluding hydrogens is 374 g/mol. The Kier molecular flexibility index (Phi) is 5.29. The Morgan fingerprint density at radius 2 is 2.24 bits per heavy atom. The molecule has 0 aromatic heterocycles. The number of thioether (sulfide) groups is 1. The number of aromatic hydroxyl groups is 1. The van der Waals surface area contributed by atoms with Crippen molar-refractivity contribution in [2.24, 2.45) is 0 Å². The number of nitrogens with zero attached hydrogens (tertiary/aromatic N) is 1. The highest BCUT2D eigenvalue weighted by atomic mass is 79.9. The molecule has 0 atom stereocenters. The molecule has 1 aromatic carbocycles. The van der Waals surface area contributed by atoms with Crippen LogP contribution in [0.25, 0.3) is 6.08 Å². The number of ether oxygens (including phenoxy) is 1. The highest BCUT2D eigenvalue weighted by Crippen LogP contribution is 2.38. The van der Waals surface area contributed by atoms with E-state index in [0.717, 1.165) is 12.0 Å². The number of benzene rings is 1. The number of phenolic OH excluding ortho intramolecular Hbond substituents is 1. The Labute approximate surface area is 141 Å². The smallest absolute Gasteiger partial charge is 0.266 e. The summed E-state index contributed by atoms with van der Waals surface area (Å²) < 4.78 is 6.19. The van der Waals surface area contributed by atoms with E-state index in [4.69, 9.17) is 17.0 Å². The van der Waals surface area contributed by atoms with Gasteiger partial charge in [-0.05, 0) is 46.1 Å². The normalized spacial score (nSPS) is 16.9. The third kappa shape index (κ3) is 3.41.